The van der Waals surface area contributed by atoms with E-state index in [0.29, 0.717) is 17.2 Å². The lowest BCUT2D eigenvalue weighted by Crippen LogP contribution is -2.00. The Morgan fingerprint density at radius 1 is 1.36 bits per heavy atom. The first-order chi connectivity index (χ1) is 10.7. The van der Waals surface area contributed by atoms with Crippen LogP contribution in [0.2, 0.25) is 0 Å². The van der Waals surface area contributed by atoms with Crippen LogP contribution in [0.1, 0.15) is 28.7 Å². The Labute approximate surface area is 132 Å². The molecule has 0 unspecified atom stereocenters. The maximum atomic E-state index is 12.3. The molecule has 118 valence electrons. The van der Waals surface area contributed by atoms with Crippen LogP contribution in [0.5, 0.6) is 11.5 Å². The van der Waals surface area contributed by atoms with Crippen LogP contribution < -0.4 is 9.47 Å². The van der Waals surface area contributed by atoms with Gasteiger partial charge in [0, 0.05) is 10.4 Å². The Balaban J connectivity index is 2.37. The van der Waals surface area contributed by atoms with Gasteiger partial charge in [-0.2, -0.15) is 0 Å². The van der Waals surface area contributed by atoms with Crippen molar-refractivity contribution in [3.05, 3.63) is 28.8 Å². The first kappa shape index (κ1) is 16.4. The summed E-state index contributed by atoms with van der Waals surface area (Å²) in [5, 5.41) is 0.748. The SMILES string of the molecule is CCCc1sc(-c2ccc(OC)c(OCCF)c2)nc1C=O. The van der Waals surface area contributed by atoms with Crippen molar-refractivity contribution in [3.8, 4) is 22.1 Å². The molecule has 1 aromatic carbocycles. The summed E-state index contributed by atoms with van der Waals surface area (Å²) in [5.74, 6) is 1.01. The Morgan fingerprint density at radius 3 is 2.82 bits per heavy atom. The quantitative estimate of drug-likeness (QED) is 0.691. The molecule has 0 saturated heterocycles. The van der Waals surface area contributed by atoms with Crippen molar-refractivity contribution in [1.29, 1.82) is 0 Å². The Bertz CT molecular complexity index is 642. The lowest BCUT2D eigenvalue weighted by Gasteiger charge is -2.10. The molecule has 2 aromatic rings. The number of hydrogen-bond donors (Lipinski definition) is 0. The third kappa shape index (κ3) is 3.62. The Morgan fingerprint density at radius 2 is 2.18 bits per heavy atom. The highest BCUT2D eigenvalue weighted by molar-refractivity contribution is 7.15. The summed E-state index contributed by atoms with van der Waals surface area (Å²) >= 11 is 1.49. The van der Waals surface area contributed by atoms with Crippen molar-refractivity contribution in [1.82, 2.24) is 4.98 Å². The van der Waals surface area contributed by atoms with Gasteiger partial charge >= 0.3 is 0 Å². The van der Waals surface area contributed by atoms with Crippen LogP contribution in [-0.4, -0.2) is 31.7 Å². The number of rotatable bonds is 8. The van der Waals surface area contributed by atoms with Crippen molar-refractivity contribution in [3.63, 3.8) is 0 Å². The van der Waals surface area contributed by atoms with Crippen molar-refractivity contribution >= 4 is 17.6 Å². The topological polar surface area (TPSA) is 48.4 Å². The van der Waals surface area contributed by atoms with E-state index >= 15 is 0 Å². The Hall–Kier alpha value is -1.95. The number of aldehydes is 1. The number of thiazole rings is 1. The van der Waals surface area contributed by atoms with Crippen molar-refractivity contribution in [2.75, 3.05) is 20.4 Å². The summed E-state index contributed by atoms with van der Waals surface area (Å²) in [6.07, 6.45) is 2.57. The van der Waals surface area contributed by atoms with E-state index < -0.39 is 6.67 Å². The summed E-state index contributed by atoms with van der Waals surface area (Å²) in [7, 11) is 1.53. The number of aromatic nitrogens is 1. The number of carbonyl (C=O) groups is 1. The first-order valence-electron chi connectivity index (χ1n) is 7.05. The normalized spacial score (nSPS) is 10.5. The number of halogens is 1. The lowest BCUT2D eigenvalue weighted by molar-refractivity contribution is 0.111. The van der Waals surface area contributed by atoms with Gasteiger partial charge in [-0.15, -0.1) is 11.3 Å². The minimum atomic E-state index is -0.569. The molecular weight excluding hydrogens is 305 g/mol. The molecule has 2 rings (SSSR count). The molecule has 0 N–H and O–H groups in total. The van der Waals surface area contributed by atoms with Gasteiger partial charge in [-0.1, -0.05) is 13.3 Å². The molecule has 6 heteroatoms. The van der Waals surface area contributed by atoms with E-state index in [2.05, 4.69) is 11.9 Å². The number of benzene rings is 1. The largest absolute Gasteiger partial charge is 0.493 e. The van der Waals surface area contributed by atoms with E-state index in [-0.39, 0.29) is 6.61 Å². The average molecular weight is 323 g/mol. The van der Waals surface area contributed by atoms with Crippen LogP contribution in [0, 0.1) is 0 Å². The van der Waals surface area contributed by atoms with Gasteiger partial charge in [-0.05, 0) is 24.6 Å². The minimum absolute atomic E-state index is 0.0294. The second-order valence-electron chi connectivity index (χ2n) is 4.60. The number of aryl methyl sites for hydroxylation is 1. The van der Waals surface area contributed by atoms with Gasteiger partial charge in [0.25, 0.3) is 0 Å². The molecule has 0 spiro atoms. The minimum Gasteiger partial charge on any atom is -0.493 e. The number of alkyl halides is 1. The first-order valence-corrected chi connectivity index (χ1v) is 7.87. The molecule has 0 atom stereocenters. The monoisotopic (exact) mass is 323 g/mol. The predicted molar refractivity (Wildman–Crippen MR) is 85.0 cm³/mol. The highest BCUT2D eigenvalue weighted by atomic mass is 32.1. The number of methoxy groups -OCH3 is 1. The molecule has 0 amide bonds. The average Bonchev–Trinajstić information content (AvgIpc) is 2.96. The van der Waals surface area contributed by atoms with Crippen LogP contribution in [0.15, 0.2) is 18.2 Å². The zero-order chi connectivity index (χ0) is 15.9. The number of ether oxygens (including phenoxy) is 2. The molecule has 0 saturated carbocycles. The fourth-order valence-corrected chi connectivity index (χ4v) is 3.18. The van der Waals surface area contributed by atoms with Gasteiger partial charge in [0.15, 0.2) is 17.8 Å². The van der Waals surface area contributed by atoms with Gasteiger partial charge in [0.1, 0.15) is 24.0 Å². The third-order valence-electron chi connectivity index (χ3n) is 3.06. The van der Waals surface area contributed by atoms with E-state index in [4.69, 9.17) is 9.47 Å². The summed E-state index contributed by atoms with van der Waals surface area (Å²) < 4.78 is 22.9. The smallest absolute Gasteiger partial charge is 0.169 e. The van der Waals surface area contributed by atoms with E-state index in [0.717, 1.165) is 34.6 Å². The zero-order valence-corrected chi connectivity index (χ0v) is 13.4. The number of hydrogen-bond acceptors (Lipinski definition) is 5. The van der Waals surface area contributed by atoms with Crippen molar-refractivity contribution in [2.24, 2.45) is 0 Å². The molecule has 0 radical (unpaired) electrons. The van der Waals surface area contributed by atoms with E-state index in [1.54, 1.807) is 12.1 Å². The standard InChI is InChI=1S/C16H18FNO3S/c1-3-4-15-12(10-19)18-16(22-15)11-5-6-13(20-2)14(9-11)21-8-7-17/h5-6,9-10H,3-4,7-8H2,1-2H3. The molecule has 0 aliphatic heterocycles. The number of nitrogens with zero attached hydrogens (tertiary/aromatic N) is 1. The number of carbonyl (C=O) groups excluding carboxylic acids is 1. The van der Waals surface area contributed by atoms with E-state index in [1.165, 1.54) is 18.4 Å². The van der Waals surface area contributed by atoms with Gasteiger partial charge in [0.05, 0.1) is 7.11 Å². The van der Waals surface area contributed by atoms with Gasteiger partial charge in [-0.25, -0.2) is 9.37 Å². The van der Waals surface area contributed by atoms with Crippen LogP contribution in [0.25, 0.3) is 10.6 Å². The molecule has 1 heterocycles. The van der Waals surface area contributed by atoms with E-state index in [9.17, 15) is 9.18 Å². The molecule has 1 aromatic heterocycles. The molecule has 0 aliphatic carbocycles. The summed E-state index contributed by atoms with van der Waals surface area (Å²) in [6.45, 7) is 1.46. The molecule has 0 aliphatic rings. The summed E-state index contributed by atoms with van der Waals surface area (Å²) in [5.41, 5.74) is 1.31. The summed E-state index contributed by atoms with van der Waals surface area (Å²) in [6, 6.07) is 5.37. The van der Waals surface area contributed by atoms with Crippen LogP contribution >= 0.6 is 11.3 Å². The summed E-state index contributed by atoms with van der Waals surface area (Å²) in [4.78, 5) is 16.5. The molecule has 4 nitrogen and oxygen atoms in total. The second kappa shape index (κ2) is 7.89. The fourth-order valence-electron chi connectivity index (χ4n) is 2.06. The molecule has 22 heavy (non-hydrogen) atoms. The van der Waals surface area contributed by atoms with Gasteiger partial charge in [-0.3, -0.25) is 4.79 Å². The van der Waals surface area contributed by atoms with Crippen LogP contribution in [0.3, 0.4) is 0 Å². The van der Waals surface area contributed by atoms with Gasteiger partial charge < -0.3 is 9.47 Å². The highest BCUT2D eigenvalue weighted by Crippen LogP contribution is 2.35. The maximum Gasteiger partial charge on any atom is 0.169 e. The predicted octanol–water partition coefficient (Wildman–Crippen LogP) is 3.93. The molecule has 0 bridgehead atoms. The fraction of sp³-hybridized carbons (Fsp3) is 0.375. The second-order valence-corrected chi connectivity index (χ2v) is 5.68. The molecule has 0 fully saturated rings. The van der Waals surface area contributed by atoms with E-state index in [1.807, 2.05) is 6.07 Å². The zero-order valence-electron chi connectivity index (χ0n) is 12.6. The molecular formula is C16H18FNO3S. The Kier molecular flexibility index (Phi) is 5.89. The van der Waals surface area contributed by atoms with Crippen LogP contribution in [-0.2, 0) is 6.42 Å². The third-order valence-corrected chi connectivity index (χ3v) is 4.24. The highest BCUT2D eigenvalue weighted by Gasteiger charge is 2.14. The van der Waals surface area contributed by atoms with Gasteiger partial charge in [0.2, 0.25) is 0 Å². The van der Waals surface area contributed by atoms with Crippen LogP contribution in [0.4, 0.5) is 4.39 Å². The van der Waals surface area contributed by atoms with Crippen molar-refractivity contribution < 1.29 is 18.7 Å². The van der Waals surface area contributed by atoms with Crippen molar-refractivity contribution in [2.45, 2.75) is 19.8 Å². The maximum absolute atomic E-state index is 12.3. The lowest BCUT2D eigenvalue weighted by atomic mass is 10.2.